The van der Waals surface area contributed by atoms with E-state index in [4.69, 9.17) is 4.42 Å². The second-order valence-corrected chi connectivity index (χ2v) is 12.6. The van der Waals surface area contributed by atoms with Crippen LogP contribution in [0.15, 0.2) is 160 Å². The van der Waals surface area contributed by atoms with E-state index in [0.29, 0.717) is 0 Å². The SMILES string of the molecule is C=Nc1cc(-c2ccccc2)c2oc3ccccc3c2c1SCc1ccc(-n2c3ccccc3c3cc(/C=C\C=C/C)ccc32)cc1. The van der Waals surface area contributed by atoms with E-state index in [1.807, 2.05) is 31.2 Å². The molecule has 8 aromatic rings. The summed E-state index contributed by atoms with van der Waals surface area (Å²) < 4.78 is 8.87. The zero-order chi connectivity index (χ0) is 31.7. The maximum Gasteiger partial charge on any atom is 0.144 e. The van der Waals surface area contributed by atoms with Crippen LogP contribution < -0.4 is 0 Å². The van der Waals surface area contributed by atoms with Gasteiger partial charge in [-0.25, -0.2) is 0 Å². The van der Waals surface area contributed by atoms with E-state index in [0.717, 1.165) is 55.1 Å². The highest BCUT2D eigenvalue weighted by Crippen LogP contribution is 2.47. The molecule has 3 nitrogen and oxygen atoms in total. The van der Waals surface area contributed by atoms with Crippen LogP contribution in [-0.4, -0.2) is 11.3 Å². The minimum Gasteiger partial charge on any atom is -0.455 e. The molecule has 47 heavy (non-hydrogen) atoms. The highest BCUT2D eigenvalue weighted by molar-refractivity contribution is 7.99. The van der Waals surface area contributed by atoms with Crippen molar-refractivity contribution in [1.29, 1.82) is 0 Å². The standard InChI is InChI=1S/C43H32N2OS/c1-3-4-6-13-29-22-25-39-36(26-29)33-16-9-11-18-38(33)45(39)32-23-20-30(21-24-32)28-47-43-37(44-2)27-35(31-14-7-5-8-15-31)42-41(43)34-17-10-12-19-40(34)46-42/h3-27H,2,28H2,1H3/b4-3-,13-6-. The van der Waals surface area contributed by atoms with E-state index in [1.54, 1.807) is 11.8 Å². The number of aliphatic imine (C=N–C) groups is 1. The number of hydrogen-bond acceptors (Lipinski definition) is 3. The van der Waals surface area contributed by atoms with Crippen LogP contribution in [0.25, 0.3) is 66.6 Å². The van der Waals surface area contributed by atoms with Crippen molar-refractivity contribution in [3.63, 3.8) is 0 Å². The molecule has 0 saturated heterocycles. The molecular formula is C43H32N2OS. The van der Waals surface area contributed by atoms with Gasteiger partial charge in [-0.3, -0.25) is 4.99 Å². The van der Waals surface area contributed by atoms with Crippen molar-refractivity contribution in [3.8, 4) is 16.8 Å². The molecule has 2 aromatic heterocycles. The molecular weight excluding hydrogens is 593 g/mol. The molecule has 0 radical (unpaired) electrons. The van der Waals surface area contributed by atoms with E-state index in [-0.39, 0.29) is 0 Å². The number of para-hydroxylation sites is 2. The van der Waals surface area contributed by atoms with Gasteiger partial charge in [0.05, 0.1) is 16.7 Å². The molecule has 0 spiro atoms. The van der Waals surface area contributed by atoms with E-state index in [9.17, 15) is 0 Å². The third kappa shape index (κ3) is 5.17. The topological polar surface area (TPSA) is 30.4 Å². The average Bonchev–Trinajstić information content (AvgIpc) is 3.67. The van der Waals surface area contributed by atoms with Gasteiger partial charge in [0.1, 0.15) is 11.2 Å². The zero-order valence-electron chi connectivity index (χ0n) is 26.1. The second-order valence-electron chi connectivity index (χ2n) is 11.6. The zero-order valence-corrected chi connectivity index (χ0v) is 26.9. The number of furan rings is 1. The number of hydrogen-bond donors (Lipinski definition) is 0. The van der Waals surface area contributed by atoms with Crippen molar-refractivity contribution in [2.75, 3.05) is 0 Å². The first-order valence-electron chi connectivity index (χ1n) is 15.8. The number of allylic oxidation sites excluding steroid dienone is 3. The van der Waals surface area contributed by atoms with Gasteiger partial charge in [-0.1, -0.05) is 109 Å². The first kappa shape index (κ1) is 28.9. The van der Waals surface area contributed by atoms with Gasteiger partial charge in [-0.15, -0.1) is 11.8 Å². The van der Waals surface area contributed by atoms with Crippen LogP contribution in [0, 0.1) is 0 Å². The van der Waals surface area contributed by atoms with Crippen molar-refractivity contribution in [2.24, 2.45) is 4.99 Å². The molecule has 6 aromatic carbocycles. The summed E-state index contributed by atoms with van der Waals surface area (Å²) in [7, 11) is 0. The van der Waals surface area contributed by atoms with Gasteiger partial charge in [0.25, 0.3) is 0 Å². The molecule has 0 saturated carbocycles. The first-order chi connectivity index (χ1) is 23.2. The molecule has 2 heterocycles. The van der Waals surface area contributed by atoms with Crippen LogP contribution in [-0.2, 0) is 5.75 Å². The lowest BCUT2D eigenvalue weighted by Crippen LogP contribution is -1.94. The summed E-state index contributed by atoms with van der Waals surface area (Å²) in [6.07, 6.45) is 8.34. The monoisotopic (exact) mass is 624 g/mol. The molecule has 8 rings (SSSR count). The number of fused-ring (bicyclic) bond motifs is 6. The Morgan fingerprint density at radius 2 is 1.49 bits per heavy atom. The summed E-state index contributed by atoms with van der Waals surface area (Å²) in [4.78, 5) is 5.60. The Balaban J connectivity index is 1.16. The Morgan fingerprint density at radius 1 is 0.745 bits per heavy atom. The lowest BCUT2D eigenvalue weighted by molar-refractivity contribution is 0.669. The van der Waals surface area contributed by atoms with Crippen molar-refractivity contribution in [1.82, 2.24) is 4.57 Å². The van der Waals surface area contributed by atoms with E-state index in [2.05, 4.69) is 144 Å². The molecule has 0 fully saturated rings. The molecule has 0 amide bonds. The highest BCUT2D eigenvalue weighted by atomic mass is 32.2. The van der Waals surface area contributed by atoms with Crippen LogP contribution in [0.4, 0.5) is 5.69 Å². The smallest absolute Gasteiger partial charge is 0.144 e. The number of nitrogens with zero attached hydrogens (tertiary/aromatic N) is 2. The minimum absolute atomic E-state index is 0.789. The number of aromatic nitrogens is 1. The van der Waals surface area contributed by atoms with Crippen LogP contribution in [0.5, 0.6) is 0 Å². The summed E-state index contributed by atoms with van der Waals surface area (Å²) >= 11 is 1.78. The Hall–Kier alpha value is -5.58. The molecule has 0 N–H and O–H groups in total. The normalized spacial score (nSPS) is 12.0. The van der Waals surface area contributed by atoms with E-state index in [1.165, 1.54) is 32.9 Å². The fraction of sp³-hybridized carbons (Fsp3) is 0.0465. The Bertz CT molecular complexity index is 2480. The van der Waals surface area contributed by atoms with E-state index >= 15 is 0 Å². The maximum atomic E-state index is 6.50. The largest absolute Gasteiger partial charge is 0.455 e. The Morgan fingerprint density at radius 3 is 2.30 bits per heavy atom. The van der Waals surface area contributed by atoms with Gasteiger partial charge in [0.2, 0.25) is 0 Å². The summed E-state index contributed by atoms with van der Waals surface area (Å²) in [5.41, 5.74) is 10.7. The predicted octanol–water partition coefficient (Wildman–Crippen LogP) is 12.6. The predicted molar refractivity (Wildman–Crippen MR) is 203 cm³/mol. The van der Waals surface area contributed by atoms with Crippen LogP contribution in [0.1, 0.15) is 18.1 Å². The molecule has 4 heteroatoms. The molecule has 0 aliphatic rings. The fourth-order valence-corrected chi connectivity index (χ4v) is 7.62. The van der Waals surface area contributed by atoms with Gasteiger partial charge < -0.3 is 8.98 Å². The fourth-order valence-electron chi connectivity index (χ4n) is 6.50. The average molecular weight is 625 g/mol. The van der Waals surface area contributed by atoms with Crippen molar-refractivity contribution >= 4 is 74.0 Å². The lowest BCUT2D eigenvalue weighted by Gasteiger charge is -2.12. The lowest BCUT2D eigenvalue weighted by atomic mass is 10.0. The molecule has 226 valence electrons. The van der Waals surface area contributed by atoms with Crippen LogP contribution in [0.2, 0.25) is 0 Å². The van der Waals surface area contributed by atoms with Crippen molar-refractivity contribution < 1.29 is 4.42 Å². The molecule has 0 atom stereocenters. The quantitative estimate of drug-likeness (QED) is 0.0956. The molecule has 0 aliphatic carbocycles. The second kappa shape index (κ2) is 12.3. The summed E-state index contributed by atoms with van der Waals surface area (Å²) in [5, 5.41) is 4.69. The van der Waals surface area contributed by atoms with Crippen molar-refractivity contribution in [2.45, 2.75) is 17.6 Å². The maximum absolute atomic E-state index is 6.50. The van der Waals surface area contributed by atoms with Gasteiger partial charge in [-0.2, -0.15) is 0 Å². The van der Waals surface area contributed by atoms with Gasteiger partial charge in [0, 0.05) is 43.4 Å². The Labute approximate surface area is 278 Å². The summed E-state index contributed by atoms with van der Waals surface area (Å²) in [6.45, 7) is 5.99. The third-order valence-electron chi connectivity index (χ3n) is 8.70. The van der Waals surface area contributed by atoms with Gasteiger partial charge >= 0.3 is 0 Å². The van der Waals surface area contributed by atoms with E-state index < -0.39 is 0 Å². The molecule has 0 aliphatic heterocycles. The van der Waals surface area contributed by atoms with Gasteiger partial charge in [-0.05, 0) is 72.8 Å². The minimum atomic E-state index is 0.789. The Kier molecular flexibility index (Phi) is 7.56. The highest BCUT2D eigenvalue weighted by Gasteiger charge is 2.20. The first-order valence-corrected chi connectivity index (χ1v) is 16.8. The number of benzene rings is 6. The van der Waals surface area contributed by atoms with Gasteiger partial charge in [0.15, 0.2) is 0 Å². The van der Waals surface area contributed by atoms with Crippen LogP contribution in [0.3, 0.4) is 0 Å². The molecule has 0 unspecified atom stereocenters. The number of rotatable bonds is 8. The van der Waals surface area contributed by atoms with Crippen molar-refractivity contribution in [3.05, 3.63) is 157 Å². The third-order valence-corrected chi connectivity index (χ3v) is 9.88. The number of thioether (sulfide) groups is 1. The molecule has 0 bridgehead atoms. The summed E-state index contributed by atoms with van der Waals surface area (Å²) in [6, 6.07) is 45.0. The van der Waals surface area contributed by atoms with Crippen LogP contribution >= 0.6 is 11.8 Å². The summed E-state index contributed by atoms with van der Waals surface area (Å²) in [5.74, 6) is 0.789.